The zero-order valence-electron chi connectivity index (χ0n) is 13.3. The molecule has 0 spiro atoms. The molecule has 1 aliphatic heterocycles. The molecule has 0 aromatic heterocycles. The van der Waals surface area contributed by atoms with E-state index in [0.29, 0.717) is 6.61 Å². The van der Waals surface area contributed by atoms with Crippen molar-refractivity contribution in [2.24, 2.45) is 0 Å². The van der Waals surface area contributed by atoms with Crippen LogP contribution in [0, 0.1) is 0 Å². The van der Waals surface area contributed by atoms with Crippen molar-refractivity contribution in [2.75, 3.05) is 0 Å². The van der Waals surface area contributed by atoms with E-state index in [1.165, 1.54) is 0 Å². The summed E-state index contributed by atoms with van der Waals surface area (Å²) < 4.78 is 12.6. The highest BCUT2D eigenvalue weighted by Gasteiger charge is 2.36. The van der Waals surface area contributed by atoms with Gasteiger partial charge in [0.05, 0.1) is 6.61 Å². The lowest BCUT2D eigenvalue weighted by Gasteiger charge is -2.35. The van der Waals surface area contributed by atoms with Crippen LogP contribution in [0.25, 0.3) is 6.08 Å². The molecule has 4 rings (SSSR count). The fourth-order valence-corrected chi connectivity index (χ4v) is 2.86. The zero-order chi connectivity index (χ0) is 16.2. The van der Waals surface area contributed by atoms with Gasteiger partial charge in [-0.1, -0.05) is 78.9 Å². The molecule has 2 nitrogen and oxygen atoms in total. The van der Waals surface area contributed by atoms with Gasteiger partial charge in [-0.05, 0) is 23.8 Å². The highest BCUT2D eigenvalue weighted by molar-refractivity contribution is 5.61. The normalized spacial score (nSPS) is 18.7. The molecule has 1 aliphatic rings. The Morgan fingerprint density at radius 1 is 0.750 bits per heavy atom. The van der Waals surface area contributed by atoms with E-state index in [2.05, 4.69) is 18.2 Å². The van der Waals surface area contributed by atoms with E-state index in [4.69, 9.17) is 9.47 Å². The van der Waals surface area contributed by atoms with Gasteiger partial charge in [0.25, 0.3) is 5.79 Å². The van der Waals surface area contributed by atoms with Crippen molar-refractivity contribution < 1.29 is 9.47 Å². The molecule has 1 unspecified atom stereocenters. The molecule has 0 fully saturated rings. The summed E-state index contributed by atoms with van der Waals surface area (Å²) >= 11 is 0. The number of fused-ring (bicyclic) bond motifs is 1. The van der Waals surface area contributed by atoms with Gasteiger partial charge >= 0.3 is 0 Å². The minimum atomic E-state index is -0.911. The van der Waals surface area contributed by atoms with Crippen LogP contribution >= 0.6 is 0 Å². The predicted octanol–water partition coefficient (Wildman–Crippen LogP) is 5.16. The predicted molar refractivity (Wildman–Crippen MR) is 95.5 cm³/mol. The van der Waals surface area contributed by atoms with Crippen molar-refractivity contribution in [1.29, 1.82) is 0 Å². The maximum Gasteiger partial charge on any atom is 0.257 e. The number of ether oxygens (including phenoxy) is 2. The van der Waals surface area contributed by atoms with Gasteiger partial charge in [-0.25, -0.2) is 0 Å². The van der Waals surface area contributed by atoms with Gasteiger partial charge in [0.2, 0.25) is 0 Å². The molecule has 3 aromatic rings. The fourth-order valence-electron chi connectivity index (χ4n) is 2.86. The molecule has 1 heterocycles. The summed E-state index contributed by atoms with van der Waals surface area (Å²) in [6, 6.07) is 28.2. The highest BCUT2D eigenvalue weighted by Crippen LogP contribution is 2.38. The lowest BCUT2D eigenvalue weighted by atomic mass is 10.0. The average Bonchev–Trinajstić information content (AvgIpc) is 2.68. The monoisotopic (exact) mass is 314 g/mol. The molecule has 0 saturated carbocycles. The van der Waals surface area contributed by atoms with Crippen LogP contribution in [0.15, 0.2) is 91.0 Å². The fraction of sp³-hybridized carbons (Fsp3) is 0.0909. The summed E-state index contributed by atoms with van der Waals surface area (Å²) in [4.78, 5) is 0. The molecular formula is C22H18O2. The summed E-state index contributed by atoms with van der Waals surface area (Å²) in [5, 5.41) is 0. The van der Waals surface area contributed by atoms with E-state index in [-0.39, 0.29) is 0 Å². The standard InChI is InChI=1S/C22H18O2/c1-3-9-18(10-4-1)17-23-22(20-12-5-2-6-13-20)16-15-19-11-7-8-14-21(19)24-22/h1-16H,17H2. The van der Waals surface area contributed by atoms with E-state index in [1.807, 2.05) is 78.9 Å². The van der Waals surface area contributed by atoms with Crippen LogP contribution in [0.1, 0.15) is 16.7 Å². The van der Waals surface area contributed by atoms with Crippen LogP contribution in [-0.2, 0) is 17.1 Å². The Hall–Kier alpha value is -2.84. The smallest absolute Gasteiger partial charge is 0.257 e. The number of rotatable bonds is 4. The van der Waals surface area contributed by atoms with Crippen molar-refractivity contribution in [2.45, 2.75) is 12.4 Å². The summed E-state index contributed by atoms with van der Waals surface area (Å²) in [5.74, 6) is -0.0808. The van der Waals surface area contributed by atoms with E-state index >= 15 is 0 Å². The molecule has 2 heteroatoms. The van der Waals surface area contributed by atoms with Crippen LogP contribution in [0.5, 0.6) is 5.75 Å². The summed E-state index contributed by atoms with van der Waals surface area (Å²) in [5.41, 5.74) is 3.16. The summed E-state index contributed by atoms with van der Waals surface area (Å²) in [6.07, 6.45) is 4.06. The molecule has 0 N–H and O–H groups in total. The van der Waals surface area contributed by atoms with Gasteiger partial charge in [-0.15, -0.1) is 0 Å². The minimum absolute atomic E-state index is 0.474. The molecule has 0 amide bonds. The number of hydrogen-bond acceptors (Lipinski definition) is 2. The molecule has 3 aromatic carbocycles. The average molecular weight is 314 g/mol. The molecule has 0 saturated heterocycles. The van der Waals surface area contributed by atoms with Crippen molar-refractivity contribution >= 4 is 6.08 Å². The van der Waals surface area contributed by atoms with Gasteiger partial charge in [-0.2, -0.15) is 0 Å². The topological polar surface area (TPSA) is 18.5 Å². The van der Waals surface area contributed by atoms with Gasteiger partial charge < -0.3 is 9.47 Å². The Balaban J connectivity index is 1.69. The van der Waals surface area contributed by atoms with E-state index in [1.54, 1.807) is 0 Å². The lowest BCUT2D eigenvalue weighted by Crippen LogP contribution is -2.35. The van der Waals surface area contributed by atoms with Gasteiger partial charge in [0.1, 0.15) is 5.75 Å². The number of hydrogen-bond donors (Lipinski definition) is 0. The first kappa shape index (κ1) is 14.7. The van der Waals surface area contributed by atoms with Gasteiger partial charge in [0.15, 0.2) is 0 Å². The zero-order valence-corrected chi connectivity index (χ0v) is 13.3. The highest BCUT2D eigenvalue weighted by atomic mass is 16.7. The Labute approximate surface area is 142 Å². The van der Waals surface area contributed by atoms with Crippen LogP contribution in [-0.4, -0.2) is 0 Å². The first-order valence-electron chi connectivity index (χ1n) is 8.06. The second kappa shape index (κ2) is 6.34. The van der Waals surface area contributed by atoms with Crippen molar-refractivity contribution in [3.05, 3.63) is 108 Å². The number of para-hydroxylation sites is 1. The summed E-state index contributed by atoms with van der Waals surface area (Å²) in [7, 11) is 0. The first-order valence-corrected chi connectivity index (χ1v) is 8.06. The molecule has 1 atom stereocenters. The van der Waals surface area contributed by atoms with Crippen LogP contribution in [0.2, 0.25) is 0 Å². The second-order valence-electron chi connectivity index (χ2n) is 5.78. The minimum Gasteiger partial charge on any atom is -0.454 e. The Bertz CT molecular complexity index is 840. The maximum atomic E-state index is 6.32. The molecule has 118 valence electrons. The maximum absolute atomic E-state index is 6.32. The third-order valence-corrected chi connectivity index (χ3v) is 4.14. The summed E-state index contributed by atoms with van der Waals surface area (Å²) in [6.45, 7) is 0.474. The van der Waals surface area contributed by atoms with Crippen molar-refractivity contribution in [3.63, 3.8) is 0 Å². The SMILES string of the molecule is C1=CC(OCc2ccccc2)(c2ccccc2)Oc2ccccc21. The Morgan fingerprint density at radius 2 is 1.42 bits per heavy atom. The molecule has 0 bridgehead atoms. The van der Waals surface area contributed by atoms with Crippen molar-refractivity contribution in [1.82, 2.24) is 0 Å². The Kier molecular flexibility index (Phi) is 3.89. The van der Waals surface area contributed by atoms with E-state index in [0.717, 1.165) is 22.4 Å². The van der Waals surface area contributed by atoms with Crippen LogP contribution in [0.4, 0.5) is 0 Å². The second-order valence-corrected chi connectivity index (χ2v) is 5.78. The Morgan fingerprint density at radius 3 is 2.21 bits per heavy atom. The molecule has 0 aliphatic carbocycles. The largest absolute Gasteiger partial charge is 0.454 e. The van der Waals surface area contributed by atoms with Crippen LogP contribution in [0.3, 0.4) is 0 Å². The molecule has 0 radical (unpaired) electrons. The van der Waals surface area contributed by atoms with Crippen LogP contribution < -0.4 is 4.74 Å². The lowest BCUT2D eigenvalue weighted by molar-refractivity contribution is -0.164. The first-order chi connectivity index (χ1) is 11.9. The van der Waals surface area contributed by atoms with E-state index in [9.17, 15) is 0 Å². The molecule has 24 heavy (non-hydrogen) atoms. The van der Waals surface area contributed by atoms with Crippen molar-refractivity contribution in [3.8, 4) is 5.75 Å². The molecular weight excluding hydrogens is 296 g/mol. The van der Waals surface area contributed by atoms with E-state index < -0.39 is 5.79 Å². The number of benzene rings is 3. The third-order valence-electron chi connectivity index (χ3n) is 4.14. The third kappa shape index (κ3) is 2.84. The van der Waals surface area contributed by atoms with Gasteiger partial charge in [0, 0.05) is 11.1 Å². The quantitative estimate of drug-likeness (QED) is 0.662. The van der Waals surface area contributed by atoms with Gasteiger partial charge in [-0.3, -0.25) is 0 Å².